The Morgan fingerprint density at radius 1 is 1.02 bits per heavy atom. The topological polar surface area (TPSA) is 181 Å². The molecule has 58 heavy (non-hydrogen) atoms. The normalized spacial score (nSPS) is 23.3. The van der Waals surface area contributed by atoms with Gasteiger partial charge in [-0.15, -0.1) is 5.10 Å². The van der Waals surface area contributed by atoms with Gasteiger partial charge in [0.25, 0.3) is 11.5 Å². The first-order valence-electron chi connectivity index (χ1n) is 19.5. The molecule has 0 radical (unpaired) electrons. The molecule has 4 aromatic rings. The Kier molecular flexibility index (Phi) is 9.77. The first-order valence-corrected chi connectivity index (χ1v) is 19.8. The minimum Gasteiger partial charge on any atom is -0.489 e. The lowest BCUT2D eigenvalue weighted by Crippen LogP contribution is -2.77. The van der Waals surface area contributed by atoms with Crippen molar-refractivity contribution in [2.75, 3.05) is 37.6 Å². The number of nitrogens with two attached hydrogens (primary N) is 1. The Bertz CT molecular complexity index is 2490. The zero-order chi connectivity index (χ0) is 41.1. The molecule has 5 heterocycles. The molecule has 15 heteroatoms. The van der Waals surface area contributed by atoms with Crippen molar-refractivity contribution >= 4 is 45.9 Å². The summed E-state index contributed by atoms with van der Waals surface area (Å²) in [7, 11) is 0. The van der Waals surface area contributed by atoms with Gasteiger partial charge in [0.15, 0.2) is 0 Å². The van der Waals surface area contributed by atoms with Crippen LogP contribution in [0.15, 0.2) is 59.5 Å². The van der Waals surface area contributed by atoms with Crippen LogP contribution in [-0.4, -0.2) is 92.4 Å². The molecule has 4 aliphatic rings. The number of imide groups is 1. The van der Waals surface area contributed by atoms with E-state index in [-0.39, 0.29) is 29.2 Å². The molecule has 2 aromatic carbocycles. The third-order valence-electron chi connectivity index (χ3n) is 12.6. The Hall–Kier alpha value is -5.83. The molecule has 3 amide bonds. The Morgan fingerprint density at radius 2 is 1.76 bits per heavy atom. The second kappa shape index (κ2) is 14.5. The predicted octanol–water partition coefficient (Wildman–Crippen LogP) is 4.34. The van der Waals surface area contributed by atoms with E-state index in [9.17, 15) is 24.4 Å². The molecule has 1 saturated carbocycles. The second-order valence-electron chi connectivity index (χ2n) is 17.2. The van der Waals surface area contributed by atoms with Crippen LogP contribution in [0, 0.1) is 39.4 Å². The van der Waals surface area contributed by atoms with E-state index < -0.39 is 46.4 Å². The van der Waals surface area contributed by atoms with Gasteiger partial charge < -0.3 is 15.4 Å². The average Bonchev–Trinajstić information content (AvgIpc) is 3.18. The maximum absolute atomic E-state index is 14.4. The molecule has 298 valence electrons. The number of primary amides is 1. The monoisotopic (exact) mass is 801 g/mol. The van der Waals surface area contributed by atoms with Crippen molar-refractivity contribution in [3.8, 4) is 23.7 Å². The van der Waals surface area contributed by atoms with Crippen molar-refractivity contribution in [3.63, 3.8) is 0 Å². The number of nitriles is 1. The van der Waals surface area contributed by atoms with Gasteiger partial charge in [0.2, 0.25) is 11.8 Å². The maximum atomic E-state index is 14.4. The molecular formula is C43H44ClN9O5. The molecule has 14 nitrogen and oxygen atoms in total. The number of ether oxygens (including phenoxy) is 1. The van der Waals surface area contributed by atoms with Gasteiger partial charge in [0.05, 0.1) is 34.1 Å². The summed E-state index contributed by atoms with van der Waals surface area (Å²) in [6, 6.07) is 14.3. The zero-order valence-electron chi connectivity index (χ0n) is 32.9. The molecule has 1 unspecified atom stereocenters. The number of hydrogen-bond acceptors (Lipinski definition) is 11. The van der Waals surface area contributed by atoms with Crippen molar-refractivity contribution < 1.29 is 19.1 Å². The standard InChI is InChI=1S/C43H44ClN9O5/c1-41(2)39(42(3,4)40(41)58-30-11-8-26(22-45)32(44)21-30)52-35(54)14-13-34(38(52)57)53-37(56)31-20-29(10-12-33(31)48-49-53)51-18-15-43(16-19-51)24-50(25-43)17-5-6-28-9-7-27(23-47-28)36(46)55/h7-12,20-21,23,34,39-40H,13-19,24-25H2,1-4H3,(H2,46,55). The van der Waals surface area contributed by atoms with Crippen LogP contribution in [0.3, 0.4) is 0 Å². The Labute approximate surface area is 340 Å². The number of halogens is 1. The summed E-state index contributed by atoms with van der Waals surface area (Å²) < 4.78 is 7.57. The summed E-state index contributed by atoms with van der Waals surface area (Å²) in [6.07, 6.45) is 3.27. The number of aromatic nitrogens is 4. The molecular weight excluding hydrogens is 758 g/mol. The zero-order valence-corrected chi connectivity index (χ0v) is 33.6. The fourth-order valence-electron chi connectivity index (χ4n) is 10.0. The molecule has 2 aromatic heterocycles. The van der Waals surface area contributed by atoms with Crippen molar-refractivity contribution in [3.05, 3.63) is 86.9 Å². The molecule has 8 rings (SSSR count). The number of benzene rings is 2. The summed E-state index contributed by atoms with van der Waals surface area (Å²) in [4.78, 5) is 63.5. The second-order valence-corrected chi connectivity index (χ2v) is 17.6. The van der Waals surface area contributed by atoms with Crippen LogP contribution < -0.4 is 20.9 Å². The highest BCUT2D eigenvalue weighted by Crippen LogP contribution is 2.59. The molecule has 0 bridgehead atoms. The van der Waals surface area contributed by atoms with Gasteiger partial charge in [-0.1, -0.05) is 50.4 Å². The van der Waals surface area contributed by atoms with Crippen LogP contribution in [0.5, 0.6) is 5.75 Å². The first kappa shape index (κ1) is 39.0. The van der Waals surface area contributed by atoms with Gasteiger partial charge in [0, 0.05) is 61.4 Å². The number of fused-ring (bicyclic) bond motifs is 1. The third kappa shape index (κ3) is 6.74. The van der Waals surface area contributed by atoms with Crippen LogP contribution in [-0.2, 0) is 9.59 Å². The fraction of sp³-hybridized carbons (Fsp3) is 0.442. The number of pyridine rings is 1. The summed E-state index contributed by atoms with van der Waals surface area (Å²) in [5, 5.41) is 18.5. The van der Waals surface area contributed by atoms with Crippen molar-refractivity contribution in [2.45, 2.75) is 71.6 Å². The number of carbonyl (C=O) groups is 3. The van der Waals surface area contributed by atoms with E-state index in [2.05, 4.69) is 36.9 Å². The first-order chi connectivity index (χ1) is 27.6. The number of rotatable bonds is 7. The maximum Gasteiger partial charge on any atom is 0.278 e. The summed E-state index contributed by atoms with van der Waals surface area (Å²) in [6.45, 7) is 12.1. The third-order valence-corrected chi connectivity index (χ3v) is 12.9. The fourth-order valence-corrected chi connectivity index (χ4v) is 10.2. The molecule has 4 fully saturated rings. The van der Waals surface area contributed by atoms with E-state index in [1.807, 2.05) is 45.9 Å². The van der Waals surface area contributed by atoms with Gasteiger partial charge in [-0.2, -0.15) is 9.94 Å². The Balaban J connectivity index is 0.931. The van der Waals surface area contributed by atoms with Crippen LogP contribution in [0.4, 0.5) is 5.69 Å². The predicted molar refractivity (Wildman–Crippen MR) is 216 cm³/mol. The van der Waals surface area contributed by atoms with E-state index in [1.165, 1.54) is 11.1 Å². The van der Waals surface area contributed by atoms with Gasteiger partial charge in [-0.25, -0.2) is 4.98 Å². The van der Waals surface area contributed by atoms with E-state index in [0.29, 0.717) is 40.0 Å². The number of anilines is 1. The average molecular weight is 802 g/mol. The SMILES string of the molecule is CC1(C)C(Oc2ccc(C#N)c(Cl)c2)C(C)(C)C1N1C(=O)CCC(n2nnc3ccc(N4CCC5(CC4)CN(CC#Cc4ccc(C(N)=O)cn4)C5)cc3c2=O)C1=O. The molecule has 2 N–H and O–H groups in total. The number of likely N-dealkylation sites (tertiary alicyclic amines) is 2. The van der Waals surface area contributed by atoms with E-state index in [4.69, 9.17) is 22.1 Å². The number of amides is 3. The lowest BCUT2D eigenvalue weighted by molar-refractivity contribution is -0.216. The van der Waals surface area contributed by atoms with E-state index in [1.54, 1.807) is 36.4 Å². The largest absolute Gasteiger partial charge is 0.489 e. The van der Waals surface area contributed by atoms with E-state index in [0.717, 1.165) is 49.4 Å². The van der Waals surface area contributed by atoms with Crippen molar-refractivity contribution in [1.82, 2.24) is 29.8 Å². The van der Waals surface area contributed by atoms with Crippen LogP contribution in [0.25, 0.3) is 10.9 Å². The highest BCUT2D eigenvalue weighted by atomic mass is 35.5. The number of carbonyl (C=O) groups excluding carboxylic acids is 3. The van der Waals surface area contributed by atoms with Gasteiger partial charge >= 0.3 is 0 Å². The van der Waals surface area contributed by atoms with Gasteiger partial charge in [0.1, 0.15) is 35.2 Å². The Morgan fingerprint density at radius 3 is 2.41 bits per heavy atom. The van der Waals surface area contributed by atoms with Gasteiger partial charge in [-0.3, -0.25) is 29.0 Å². The van der Waals surface area contributed by atoms with Crippen molar-refractivity contribution in [1.29, 1.82) is 5.26 Å². The van der Waals surface area contributed by atoms with E-state index >= 15 is 0 Å². The van der Waals surface area contributed by atoms with Crippen LogP contribution in [0.1, 0.15) is 81.0 Å². The van der Waals surface area contributed by atoms with Crippen molar-refractivity contribution in [2.24, 2.45) is 22.0 Å². The van der Waals surface area contributed by atoms with Crippen LogP contribution in [0.2, 0.25) is 5.02 Å². The summed E-state index contributed by atoms with van der Waals surface area (Å²) in [5.41, 5.74) is 6.41. The highest BCUT2D eigenvalue weighted by Gasteiger charge is 2.68. The number of piperidine rings is 2. The summed E-state index contributed by atoms with van der Waals surface area (Å²) in [5.74, 6) is 5.44. The quantitative estimate of drug-likeness (QED) is 0.208. The number of hydrogen-bond donors (Lipinski definition) is 1. The summed E-state index contributed by atoms with van der Waals surface area (Å²) >= 11 is 6.28. The van der Waals surface area contributed by atoms with Crippen LogP contribution >= 0.6 is 11.6 Å². The van der Waals surface area contributed by atoms with Gasteiger partial charge in [-0.05, 0) is 73.1 Å². The molecule has 3 saturated heterocycles. The number of nitrogens with zero attached hydrogens (tertiary/aromatic N) is 8. The molecule has 1 atom stereocenters. The highest BCUT2D eigenvalue weighted by molar-refractivity contribution is 6.31. The minimum absolute atomic E-state index is 0.0744. The minimum atomic E-state index is -0.991. The molecule has 1 aliphatic carbocycles. The smallest absolute Gasteiger partial charge is 0.278 e. The molecule has 1 spiro atoms. The lowest BCUT2D eigenvalue weighted by Gasteiger charge is -2.65. The lowest BCUT2D eigenvalue weighted by atomic mass is 9.48. The molecule has 3 aliphatic heterocycles.